The molecule has 0 aromatic heterocycles. The lowest BCUT2D eigenvalue weighted by atomic mass is 10.1. The molecule has 8 nitrogen and oxygen atoms in total. The Hall–Kier alpha value is -1.99. The quantitative estimate of drug-likeness (QED) is 0.0231. The smallest absolute Gasteiger partial charge is 0.462 e. The molecule has 2 N–H and O–H groups in total. The predicted octanol–water partition coefficient (Wildman–Crippen LogP) is 10.8. The molecule has 0 radical (unpaired) electrons. The molecular formula is C38H67O8P. The van der Waals surface area contributed by atoms with E-state index in [1.807, 2.05) is 12.2 Å². The van der Waals surface area contributed by atoms with Crippen LogP contribution in [0.15, 0.2) is 48.6 Å². The summed E-state index contributed by atoms with van der Waals surface area (Å²) in [5.74, 6) is -0.997. The molecule has 9 heteroatoms. The van der Waals surface area contributed by atoms with Gasteiger partial charge in [-0.25, -0.2) is 4.57 Å². The molecule has 47 heavy (non-hydrogen) atoms. The Bertz CT molecular complexity index is 905. The van der Waals surface area contributed by atoms with Crippen LogP contribution in [0.25, 0.3) is 0 Å². The van der Waals surface area contributed by atoms with Gasteiger partial charge in [0.05, 0.1) is 6.61 Å². The van der Waals surface area contributed by atoms with Crippen LogP contribution in [-0.2, 0) is 28.2 Å². The van der Waals surface area contributed by atoms with Gasteiger partial charge in [0.1, 0.15) is 6.61 Å². The van der Waals surface area contributed by atoms with Crippen molar-refractivity contribution in [1.29, 1.82) is 0 Å². The van der Waals surface area contributed by atoms with Crippen molar-refractivity contribution in [2.75, 3.05) is 13.2 Å². The van der Waals surface area contributed by atoms with Gasteiger partial charge in [0.15, 0.2) is 6.10 Å². The SMILES string of the molecule is CCCCCCCC/C=C/C/C=C/CCC(=O)OC(COC(=O)CCCCC/C=C/C=C/CCCCCCCCC)COP(=O)(O)O. The first-order valence-electron chi connectivity index (χ1n) is 18.4. The summed E-state index contributed by atoms with van der Waals surface area (Å²) in [6.07, 6.45) is 39.9. The summed E-state index contributed by atoms with van der Waals surface area (Å²) in [7, 11) is -4.77. The number of carbonyl (C=O) groups is 2. The maximum Gasteiger partial charge on any atom is 0.469 e. The second-order valence-electron chi connectivity index (χ2n) is 12.2. The van der Waals surface area contributed by atoms with Gasteiger partial charge in [-0.05, 0) is 57.8 Å². The zero-order chi connectivity index (χ0) is 34.7. The number of allylic oxidation sites excluding steroid dienone is 8. The van der Waals surface area contributed by atoms with Crippen LogP contribution in [0.5, 0.6) is 0 Å². The van der Waals surface area contributed by atoms with E-state index in [0.717, 1.165) is 38.5 Å². The number of esters is 2. The maximum atomic E-state index is 12.3. The van der Waals surface area contributed by atoms with Gasteiger partial charge in [-0.1, -0.05) is 140 Å². The van der Waals surface area contributed by atoms with Gasteiger partial charge in [0.2, 0.25) is 0 Å². The summed E-state index contributed by atoms with van der Waals surface area (Å²) in [6, 6.07) is 0. The lowest BCUT2D eigenvalue weighted by Gasteiger charge is -2.18. The van der Waals surface area contributed by atoms with Gasteiger partial charge < -0.3 is 19.3 Å². The van der Waals surface area contributed by atoms with Crippen LogP contribution in [0, 0.1) is 0 Å². The van der Waals surface area contributed by atoms with Crippen molar-refractivity contribution in [3.05, 3.63) is 48.6 Å². The fourth-order valence-corrected chi connectivity index (χ4v) is 5.19. The summed E-state index contributed by atoms with van der Waals surface area (Å²) < 4.78 is 26.2. The molecule has 0 aliphatic carbocycles. The van der Waals surface area contributed by atoms with Gasteiger partial charge in [0.25, 0.3) is 0 Å². The number of rotatable bonds is 33. The molecule has 0 aliphatic rings. The van der Waals surface area contributed by atoms with Crippen molar-refractivity contribution in [2.24, 2.45) is 0 Å². The van der Waals surface area contributed by atoms with Crippen molar-refractivity contribution in [3.8, 4) is 0 Å². The monoisotopic (exact) mass is 682 g/mol. The van der Waals surface area contributed by atoms with E-state index in [-0.39, 0.29) is 19.4 Å². The highest BCUT2D eigenvalue weighted by Gasteiger charge is 2.22. The van der Waals surface area contributed by atoms with Gasteiger partial charge in [-0.2, -0.15) is 0 Å². The summed E-state index contributed by atoms with van der Waals surface area (Å²) in [5.41, 5.74) is 0. The Labute approximate surface area is 286 Å². The van der Waals surface area contributed by atoms with Crippen LogP contribution in [0.2, 0.25) is 0 Å². The second-order valence-corrected chi connectivity index (χ2v) is 13.5. The number of phosphoric ester groups is 1. The first-order valence-corrected chi connectivity index (χ1v) is 20.0. The van der Waals surface area contributed by atoms with Crippen molar-refractivity contribution in [1.82, 2.24) is 0 Å². The molecular weight excluding hydrogens is 615 g/mol. The van der Waals surface area contributed by atoms with Crippen LogP contribution in [0.3, 0.4) is 0 Å². The number of carbonyl (C=O) groups excluding carboxylic acids is 2. The van der Waals surface area contributed by atoms with E-state index in [9.17, 15) is 14.2 Å². The number of phosphoric acid groups is 1. The largest absolute Gasteiger partial charge is 0.469 e. The summed E-state index contributed by atoms with van der Waals surface area (Å²) in [5, 5.41) is 0. The molecule has 1 atom stereocenters. The molecule has 0 aliphatic heterocycles. The molecule has 0 aromatic rings. The minimum atomic E-state index is -4.77. The fourth-order valence-electron chi connectivity index (χ4n) is 4.83. The average Bonchev–Trinajstić information content (AvgIpc) is 3.03. The molecule has 0 rings (SSSR count). The van der Waals surface area contributed by atoms with Crippen molar-refractivity contribution in [2.45, 2.75) is 168 Å². The molecule has 272 valence electrons. The normalized spacial score (nSPS) is 13.0. The Balaban J connectivity index is 4.11. The molecule has 0 saturated carbocycles. The second kappa shape index (κ2) is 33.9. The van der Waals surface area contributed by atoms with E-state index < -0.39 is 32.5 Å². The van der Waals surface area contributed by atoms with Crippen molar-refractivity contribution >= 4 is 19.8 Å². The molecule has 0 bridgehead atoms. The van der Waals surface area contributed by atoms with Crippen LogP contribution < -0.4 is 0 Å². The van der Waals surface area contributed by atoms with E-state index in [4.69, 9.17) is 19.3 Å². The van der Waals surface area contributed by atoms with E-state index in [1.54, 1.807) is 0 Å². The zero-order valence-electron chi connectivity index (χ0n) is 29.7. The molecule has 0 saturated heterocycles. The third-order valence-corrected chi connectivity index (χ3v) is 8.10. The minimum Gasteiger partial charge on any atom is -0.462 e. The van der Waals surface area contributed by atoms with Crippen LogP contribution in [0.1, 0.15) is 162 Å². The Morgan fingerprint density at radius 2 is 1.06 bits per heavy atom. The number of hydrogen-bond donors (Lipinski definition) is 2. The number of ether oxygens (including phenoxy) is 2. The molecule has 0 aromatic carbocycles. The lowest BCUT2D eigenvalue weighted by Crippen LogP contribution is -2.29. The van der Waals surface area contributed by atoms with E-state index in [1.165, 1.54) is 83.5 Å². The molecule has 0 spiro atoms. The Morgan fingerprint density at radius 3 is 1.62 bits per heavy atom. The zero-order valence-corrected chi connectivity index (χ0v) is 30.6. The Morgan fingerprint density at radius 1 is 0.574 bits per heavy atom. The molecule has 0 amide bonds. The maximum absolute atomic E-state index is 12.3. The minimum absolute atomic E-state index is 0.0990. The van der Waals surface area contributed by atoms with Gasteiger partial charge in [0, 0.05) is 12.8 Å². The molecule has 0 fully saturated rings. The van der Waals surface area contributed by atoms with Gasteiger partial charge >= 0.3 is 19.8 Å². The highest BCUT2D eigenvalue weighted by atomic mass is 31.2. The van der Waals surface area contributed by atoms with Crippen LogP contribution in [-0.4, -0.2) is 41.0 Å². The van der Waals surface area contributed by atoms with E-state index in [2.05, 4.69) is 54.8 Å². The predicted molar refractivity (Wildman–Crippen MR) is 193 cm³/mol. The standard InChI is InChI=1S/C38H67O8P/c1-3-5-7-9-11-13-15-17-18-19-21-22-24-26-28-30-32-37(39)44-34-36(35-45-47(41,42)43)46-38(40)33-31-29-27-25-23-20-16-14-12-10-8-6-4-2/h18-23,27,29,36H,3-17,24-26,28,30-35H2,1-2H3,(H2,41,42,43)/b19-18+,22-21+,23-20+,29-27+. The van der Waals surface area contributed by atoms with Crippen molar-refractivity contribution in [3.63, 3.8) is 0 Å². The van der Waals surface area contributed by atoms with Crippen LogP contribution in [0.4, 0.5) is 0 Å². The van der Waals surface area contributed by atoms with Gasteiger partial charge in [-0.3, -0.25) is 14.1 Å². The molecule has 0 heterocycles. The average molecular weight is 683 g/mol. The first-order chi connectivity index (χ1) is 22.8. The van der Waals surface area contributed by atoms with Crippen LogP contribution >= 0.6 is 7.82 Å². The highest BCUT2D eigenvalue weighted by molar-refractivity contribution is 7.46. The number of hydrogen-bond acceptors (Lipinski definition) is 6. The van der Waals surface area contributed by atoms with Gasteiger partial charge in [-0.15, -0.1) is 0 Å². The number of unbranched alkanes of at least 4 members (excludes halogenated alkanes) is 16. The Kier molecular flexibility index (Phi) is 32.5. The highest BCUT2D eigenvalue weighted by Crippen LogP contribution is 2.35. The first kappa shape index (κ1) is 45.0. The molecule has 1 unspecified atom stereocenters. The topological polar surface area (TPSA) is 119 Å². The lowest BCUT2D eigenvalue weighted by molar-refractivity contribution is -0.161. The fraction of sp³-hybridized carbons (Fsp3) is 0.737. The summed E-state index contributed by atoms with van der Waals surface area (Å²) in [4.78, 5) is 42.6. The third kappa shape index (κ3) is 36.7. The third-order valence-electron chi connectivity index (χ3n) is 7.61. The summed E-state index contributed by atoms with van der Waals surface area (Å²) in [6.45, 7) is 3.58. The van der Waals surface area contributed by atoms with E-state index in [0.29, 0.717) is 12.8 Å². The van der Waals surface area contributed by atoms with Crippen molar-refractivity contribution < 1.29 is 37.9 Å². The summed E-state index contributed by atoms with van der Waals surface area (Å²) >= 11 is 0. The van der Waals surface area contributed by atoms with E-state index >= 15 is 0 Å².